The van der Waals surface area contributed by atoms with Crippen LogP contribution in [0.5, 0.6) is 5.75 Å². The highest BCUT2D eigenvalue weighted by Gasteiger charge is 2.14. The van der Waals surface area contributed by atoms with E-state index in [9.17, 15) is 4.79 Å². The summed E-state index contributed by atoms with van der Waals surface area (Å²) in [5, 5.41) is 0. The van der Waals surface area contributed by atoms with E-state index in [1.807, 2.05) is 30.3 Å². The quantitative estimate of drug-likeness (QED) is 0.781. The fourth-order valence-electron chi connectivity index (χ4n) is 2.45. The van der Waals surface area contributed by atoms with Crippen LogP contribution in [0.4, 0.5) is 0 Å². The van der Waals surface area contributed by atoms with Gasteiger partial charge >= 0.3 is 0 Å². The second kappa shape index (κ2) is 5.33. The molecule has 0 saturated heterocycles. The molecule has 0 unspecified atom stereocenters. The molecule has 3 rings (SSSR count). The van der Waals surface area contributed by atoms with Gasteiger partial charge in [-0.2, -0.15) is 0 Å². The van der Waals surface area contributed by atoms with E-state index >= 15 is 0 Å². The molecule has 0 aromatic heterocycles. The first-order valence-corrected chi connectivity index (χ1v) is 6.74. The third kappa shape index (κ3) is 2.37. The first-order valence-electron chi connectivity index (χ1n) is 6.74. The summed E-state index contributed by atoms with van der Waals surface area (Å²) in [6, 6.07) is 12.1. The Morgan fingerprint density at radius 3 is 2.70 bits per heavy atom. The van der Waals surface area contributed by atoms with Crippen molar-refractivity contribution in [2.75, 3.05) is 0 Å². The van der Waals surface area contributed by atoms with Crippen LogP contribution in [0.15, 0.2) is 42.5 Å². The molecule has 0 saturated carbocycles. The van der Waals surface area contributed by atoms with Gasteiger partial charge in [0.25, 0.3) is 0 Å². The van der Waals surface area contributed by atoms with Crippen molar-refractivity contribution < 1.29 is 9.53 Å². The van der Waals surface area contributed by atoms with Gasteiger partial charge in [0.2, 0.25) is 0 Å². The number of benzene rings is 2. The predicted molar refractivity (Wildman–Crippen MR) is 80.1 cm³/mol. The molecule has 2 aromatic carbocycles. The average Bonchev–Trinajstić information content (AvgIpc) is 2.94. The lowest BCUT2D eigenvalue weighted by Gasteiger charge is -2.12. The molecule has 1 aliphatic rings. The lowest BCUT2D eigenvalue weighted by Crippen LogP contribution is -2.01. The first-order chi connectivity index (χ1) is 9.78. The number of ether oxygens (including phenoxy) is 1. The molecule has 0 bridgehead atoms. The van der Waals surface area contributed by atoms with Crippen molar-refractivity contribution in [3.8, 4) is 5.75 Å². The molecule has 0 aliphatic heterocycles. The number of fused-ring (bicyclic) bond motifs is 1. The Morgan fingerprint density at radius 1 is 1.15 bits per heavy atom. The van der Waals surface area contributed by atoms with Gasteiger partial charge < -0.3 is 4.74 Å². The van der Waals surface area contributed by atoms with Crippen LogP contribution in [0, 0.1) is 6.92 Å². The van der Waals surface area contributed by atoms with E-state index in [0.717, 1.165) is 29.4 Å². The number of carbonyl (C=O) groups is 1. The van der Waals surface area contributed by atoms with Crippen LogP contribution in [-0.2, 0) is 13.0 Å². The van der Waals surface area contributed by atoms with Crippen molar-refractivity contribution >= 4 is 12.4 Å². The van der Waals surface area contributed by atoms with Gasteiger partial charge in [0.05, 0.1) is 5.56 Å². The van der Waals surface area contributed by atoms with Crippen molar-refractivity contribution in [2.45, 2.75) is 20.0 Å². The molecular weight excluding hydrogens is 248 g/mol. The Bertz CT molecular complexity index is 667. The first kappa shape index (κ1) is 12.7. The molecule has 100 valence electrons. The molecule has 20 heavy (non-hydrogen) atoms. The largest absolute Gasteiger partial charge is 0.488 e. The molecular formula is C18H16O2. The highest BCUT2D eigenvalue weighted by atomic mass is 16.5. The molecule has 0 fully saturated rings. The summed E-state index contributed by atoms with van der Waals surface area (Å²) in [5.41, 5.74) is 5.20. The van der Waals surface area contributed by atoms with E-state index in [0.29, 0.717) is 17.9 Å². The van der Waals surface area contributed by atoms with E-state index in [-0.39, 0.29) is 0 Å². The highest BCUT2D eigenvalue weighted by Crippen LogP contribution is 2.29. The van der Waals surface area contributed by atoms with Crippen LogP contribution in [0.3, 0.4) is 0 Å². The number of aryl methyl sites for hydroxylation is 1. The van der Waals surface area contributed by atoms with E-state index in [1.54, 1.807) is 0 Å². The van der Waals surface area contributed by atoms with Crippen molar-refractivity contribution in [3.63, 3.8) is 0 Å². The molecule has 0 heterocycles. The molecule has 0 N–H and O–H groups in total. The smallest absolute Gasteiger partial charge is 0.154 e. The Balaban J connectivity index is 1.81. The lowest BCUT2D eigenvalue weighted by molar-refractivity contribution is 0.111. The van der Waals surface area contributed by atoms with Gasteiger partial charge in [-0.05, 0) is 36.1 Å². The summed E-state index contributed by atoms with van der Waals surface area (Å²) < 4.78 is 5.82. The van der Waals surface area contributed by atoms with Gasteiger partial charge in [-0.25, -0.2) is 0 Å². The molecule has 1 aliphatic carbocycles. The number of aldehydes is 1. The maximum atomic E-state index is 11.3. The van der Waals surface area contributed by atoms with Gasteiger partial charge in [-0.15, -0.1) is 0 Å². The van der Waals surface area contributed by atoms with Gasteiger partial charge in [0.15, 0.2) is 6.29 Å². The minimum Gasteiger partial charge on any atom is -0.488 e. The van der Waals surface area contributed by atoms with Crippen molar-refractivity contribution in [3.05, 3.63) is 70.3 Å². The highest BCUT2D eigenvalue weighted by molar-refractivity contribution is 5.85. The second-order valence-corrected chi connectivity index (χ2v) is 5.04. The zero-order valence-corrected chi connectivity index (χ0v) is 11.4. The Kier molecular flexibility index (Phi) is 3.38. The van der Waals surface area contributed by atoms with Crippen molar-refractivity contribution in [1.29, 1.82) is 0 Å². The second-order valence-electron chi connectivity index (χ2n) is 5.04. The molecule has 2 nitrogen and oxygen atoms in total. The maximum absolute atomic E-state index is 11.3. The van der Waals surface area contributed by atoms with Gasteiger partial charge in [-0.1, -0.05) is 48.0 Å². The SMILES string of the molecule is Cc1ccc(COc2ccc3c(c2C=O)CC=C3)cc1. The van der Waals surface area contributed by atoms with E-state index in [2.05, 4.69) is 25.1 Å². The van der Waals surface area contributed by atoms with E-state index in [1.165, 1.54) is 5.56 Å². The summed E-state index contributed by atoms with van der Waals surface area (Å²) in [5.74, 6) is 0.669. The number of carbonyl (C=O) groups excluding carboxylic acids is 1. The van der Waals surface area contributed by atoms with Gasteiger partial charge in [0.1, 0.15) is 12.4 Å². The van der Waals surface area contributed by atoms with Crippen molar-refractivity contribution in [1.82, 2.24) is 0 Å². The third-order valence-electron chi connectivity index (χ3n) is 3.61. The number of allylic oxidation sites excluding steroid dienone is 1. The monoisotopic (exact) mass is 264 g/mol. The zero-order chi connectivity index (χ0) is 13.9. The van der Waals surface area contributed by atoms with Crippen molar-refractivity contribution in [2.24, 2.45) is 0 Å². The summed E-state index contributed by atoms with van der Waals surface area (Å²) in [7, 11) is 0. The van der Waals surface area contributed by atoms with Crippen LogP contribution in [0.25, 0.3) is 6.08 Å². The van der Waals surface area contributed by atoms with Crippen LogP contribution >= 0.6 is 0 Å². The predicted octanol–water partition coefficient (Wildman–Crippen LogP) is 3.96. The van der Waals surface area contributed by atoms with Crippen LogP contribution in [0.2, 0.25) is 0 Å². The minimum atomic E-state index is 0.479. The topological polar surface area (TPSA) is 26.3 Å². The molecule has 0 amide bonds. The molecule has 0 spiro atoms. The van der Waals surface area contributed by atoms with Crippen LogP contribution < -0.4 is 4.74 Å². The van der Waals surface area contributed by atoms with Gasteiger partial charge in [-0.3, -0.25) is 4.79 Å². The average molecular weight is 264 g/mol. The van der Waals surface area contributed by atoms with E-state index < -0.39 is 0 Å². The number of rotatable bonds is 4. The van der Waals surface area contributed by atoms with Crippen LogP contribution in [-0.4, -0.2) is 6.29 Å². The fourth-order valence-corrected chi connectivity index (χ4v) is 2.45. The van der Waals surface area contributed by atoms with Gasteiger partial charge in [0, 0.05) is 0 Å². The van der Waals surface area contributed by atoms with E-state index in [4.69, 9.17) is 4.74 Å². The normalized spacial score (nSPS) is 12.2. The zero-order valence-electron chi connectivity index (χ0n) is 11.4. The molecule has 2 heteroatoms. The summed E-state index contributed by atoms with van der Waals surface area (Å²) >= 11 is 0. The summed E-state index contributed by atoms with van der Waals surface area (Å²) in [6.07, 6.45) is 5.83. The Hall–Kier alpha value is -2.35. The number of hydrogen-bond acceptors (Lipinski definition) is 2. The Morgan fingerprint density at radius 2 is 1.95 bits per heavy atom. The fraction of sp³-hybridized carbons (Fsp3) is 0.167. The minimum absolute atomic E-state index is 0.479. The maximum Gasteiger partial charge on any atom is 0.154 e. The third-order valence-corrected chi connectivity index (χ3v) is 3.61. The molecule has 0 atom stereocenters. The molecule has 2 aromatic rings. The summed E-state index contributed by atoms with van der Waals surface area (Å²) in [4.78, 5) is 11.3. The molecule has 0 radical (unpaired) electrons. The standard InChI is InChI=1S/C18H16O2/c1-13-5-7-14(8-6-13)12-20-18-10-9-15-3-2-4-16(15)17(18)11-19/h2-3,5-11H,4,12H2,1H3. The summed E-state index contributed by atoms with van der Waals surface area (Å²) in [6.45, 7) is 2.54. The Labute approximate surface area is 118 Å². The van der Waals surface area contributed by atoms with Crippen LogP contribution in [0.1, 0.15) is 32.6 Å². The number of hydrogen-bond donors (Lipinski definition) is 0. The lowest BCUT2D eigenvalue weighted by atomic mass is 10.0.